The highest BCUT2D eigenvalue weighted by Crippen LogP contribution is 2.35. The van der Waals surface area contributed by atoms with E-state index in [9.17, 15) is 9.59 Å². The van der Waals surface area contributed by atoms with Crippen molar-refractivity contribution < 1.29 is 14.3 Å². The van der Waals surface area contributed by atoms with Crippen LogP contribution in [0.25, 0.3) is 11.8 Å². The van der Waals surface area contributed by atoms with Crippen molar-refractivity contribution in [3.05, 3.63) is 127 Å². The van der Waals surface area contributed by atoms with Crippen LogP contribution in [0.1, 0.15) is 36.6 Å². The molecule has 1 aliphatic heterocycles. The maximum absolute atomic E-state index is 13.8. The number of ether oxygens (including phenoxy) is 2. The summed E-state index contributed by atoms with van der Waals surface area (Å²) in [6.45, 7) is 4.51. The Morgan fingerprint density at radius 2 is 1.62 bits per heavy atom. The number of fused-ring (bicyclic) bond motifs is 1. The molecule has 37 heavy (non-hydrogen) atoms. The number of hydrogen-bond donors (Lipinski definition) is 0. The fourth-order valence-electron chi connectivity index (χ4n) is 4.37. The summed E-state index contributed by atoms with van der Waals surface area (Å²) < 4.78 is 13.2. The molecule has 0 N–H and O–H groups in total. The lowest BCUT2D eigenvalue weighted by molar-refractivity contribution is -0.138. The van der Waals surface area contributed by atoms with Gasteiger partial charge in [0.1, 0.15) is 5.75 Å². The first-order valence-electron chi connectivity index (χ1n) is 12.2. The summed E-state index contributed by atoms with van der Waals surface area (Å²) in [5.74, 6) is 0.288. The van der Waals surface area contributed by atoms with Crippen LogP contribution >= 0.6 is 11.3 Å². The molecule has 1 aromatic heterocycles. The van der Waals surface area contributed by atoms with E-state index in [-0.39, 0.29) is 12.2 Å². The molecule has 0 aliphatic carbocycles. The van der Waals surface area contributed by atoms with E-state index < -0.39 is 12.0 Å². The third-order valence-corrected chi connectivity index (χ3v) is 6.96. The van der Waals surface area contributed by atoms with E-state index in [1.807, 2.05) is 97.9 Å². The van der Waals surface area contributed by atoms with Gasteiger partial charge in [-0.2, -0.15) is 0 Å². The molecular formula is C30H26N2O4S. The Labute approximate surface area is 218 Å². The molecule has 3 aromatic carbocycles. The van der Waals surface area contributed by atoms with Crippen LogP contribution in [0.3, 0.4) is 0 Å². The summed E-state index contributed by atoms with van der Waals surface area (Å²) in [7, 11) is 0. The second-order valence-corrected chi connectivity index (χ2v) is 9.35. The van der Waals surface area contributed by atoms with Crippen molar-refractivity contribution >= 4 is 29.1 Å². The molecule has 0 fully saturated rings. The molecule has 0 unspecified atom stereocenters. The van der Waals surface area contributed by atoms with Gasteiger partial charge in [-0.15, -0.1) is 0 Å². The quantitative estimate of drug-likeness (QED) is 0.347. The zero-order chi connectivity index (χ0) is 25.8. The average Bonchev–Trinajstić information content (AvgIpc) is 3.24. The van der Waals surface area contributed by atoms with Gasteiger partial charge in [0.05, 0.1) is 35.1 Å². The van der Waals surface area contributed by atoms with Crippen LogP contribution < -0.4 is 19.6 Å². The second kappa shape index (κ2) is 10.8. The van der Waals surface area contributed by atoms with Crippen LogP contribution in [0.2, 0.25) is 0 Å². The van der Waals surface area contributed by atoms with E-state index in [1.165, 1.54) is 11.3 Å². The van der Waals surface area contributed by atoms with Crippen molar-refractivity contribution in [3.63, 3.8) is 0 Å². The summed E-state index contributed by atoms with van der Waals surface area (Å²) in [5, 5.41) is 0. The van der Waals surface area contributed by atoms with Gasteiger partial charge in [0.15, 0.2) is 4.80 Å². The molecule has 1 aliphatic rings. The van der Waals surface area contributed by atoms with Gasteiger partial charge in [0, 0.05) is 5.56 Å². The van der Waals surface area contributed by atoms with Gasteiger partial charge >= 0.3 is 5.97 Å². The monoisotopic (exact) mass is 510 g/mol. The minimum atomic E-state index is -0.672. The lowest BCUT2D eigenvalue weighted by Gasteiger charge is -2.25. The summed E-state index contributed by atoms with van der Waals surface area (Å²) in [5.41, 5.74) is 3.12. The lowest BCUT2D eigenvalue weighted by atomic mass is 9.93. The van der Waals surface area contributed by atoms with E-state index in [1.54, 1.807) is 11.5 Å². The van der Waals surface area contributed by atoms with Gasteiger partial charge in [-0.05, 0) is 43.2 Å². The summed E-state index contributed by atoms with van der Waals surface area (Å²) in [6.07, 6.45) is 1.85. The van der Waals surface area contributed by atoms with Crippen LogP contribution in [0, 0.1) is 0 Å². The molecule has 0 bridgehead atoms. The van der Waals surface area contributed by atoms with Crippen LogP contribution in [-0.2, 0) is 9.53 Å². The number of carbonyl (C=O) groups is 1. The Morgan fingerprint density at radius 3 is 2.27 bits per heavy atom. The second-order valence-electron chi connectivity index (χ2n) is 8.34. The first-order valence-corrected chi connectivity index (χ1v) is 13.0. The number of esters is 1. The highest BCUT2D eigenvalue weighted by atomic mass is 32.1. The summed E-state index contributed by atoms with van der Waals surface area (Å²) in [6, 6.07) is 26.0. The zero-order valence-electron chi connectivity index (χ0n) is 20.6. The molecule has 2 heterocycles. The smallest absolute Gasteiger partial charge is 0.338 e. The molecule has 7 heteroatoms. The van der Waals surface area contributed by atoms with Gasteiger partial charge in [0.2, 0.25) is 0 Å². The average molecular weight is 511 g/mol. The fraction of sp³-hybridized carbons (Fsp3) is 0.167. The molecule has 0 saturated heterocycles. The minimum absolute atomic E-state index is 0.208. The van der Waals surface area contributed by atoms with Crippen LogP contribution in [0.5, 0.6) is 5.75 Å². The largest absolute Gasteiger partial charge is 0.494 e. The summed E-state index contributed by atoms with van der Waals surface area (Å²) >= 11 is 1.31. The lowest BCUT2D eigenvalue weighted by Crippen LogP contribution is -2.39. The SMILES string of the molecule is CCOC(=O)C1=C(c2ccccc2)N=c2s/c(=C\c3ccc(OCC)cc3)c(=O)n2[C@@H]1c1ccccc1. The van der Waals surface area contributed by atoms with Gasteiger partial charge in [-0.3, -0.25) is 9.36 Å². The van der Waals surface area contributed by atoms with Crippen molar-refractivity contribution in [2.45, 2.75) is 19.9 Å². The van der Waals surface area contributed by atoms with Crippen LogP contribution in [0.15, 0.2) is 100 Å². The Balaban J connectivity index is 1.76. The highest BCUT2D eigenvalue weighted by Gasteiger charge is 2.35. The molecule has 0 saturated carbocycles. The van der Waals surface area contributed by atoms with Crippen LogP contribution in [-0.4, -0.2) is 23.8 Å². The molecule has 0 spiro atoms. The maximum Gasteiger partial charge on any atom is 0.338 e. The third-order valence-electron chi connectivity index (χ3n) is 5.98. The Kier molecular flexibility index (Phi) is 7.14. The van der Waals surface area contributed by atoms with Gasteiger partial charge in [0.25, 0.3) is 5.56 Å². The topological polar surface area (TPSA) is 69.9 Å². The maximum atomic E-state index is 13.8. The molecule has 186 valence electrons. The normalized spacial score (nSPS) is 15.2. The first-order chi connectivity index (χ1) is 18.1. The molecular weight excluding hydrogens is 484 g/mol. The zero-order valence-corrected chi connectivity index (χ0v) is 21.4. The van der Waals surface area contributed by atoms with Gasteiger partial charge in [-0.1, -0.05) is 84.1 Å². The number of benzene rings is 3. The van der Waals surface area contributed by atoms with Crippen LogP contribution in [0.4, 0.5) is 0 Å². The standard InChI is InChI=1S/C30H26N2O4S/c1-3-35-23-17-15-20(16-18-23)19-24-28(33)32-27(22-13-9-6-10-14-22)25(29(34)36-4-2)26(31-30(32)37-24)21-11-7-5-8-12-21/h5-19,27H,3-4H2,1-2H3/b24-19-/t27-/m1/s1. The number of carbonyl (C=O) groups excluding carboxylic acids is 1. The predicted molar refractivity (Wildman–Crippen MR) is 145 cm³/mol. The summed E-state index contributed by atoms with van der Waals surface area (Å²) in [4.78, 5) is 32.6. The minimum Gasteiger partial charge on any atom is -0.494 e. The van der Waals surface area contributed by atoms with Crippen molar-refractivity contribution in [2.75, 3.05) is 13.2 Å². The van der Waals surface area contributed by atoms with E-state index in [4.69, 9.17) is 14.5 Å². The van der Waals surface area contributed by atoms with Crippen molar-refractivity contribution in [1.82, 2.24) is 4.57 Å². The molecule has 0 amide bonds. The van der Waals surface area contributed by atoms with E-state index in [0.717, 1.165) is 22.4 Å². The Bertz CT molecular complexity index is 1620. The molecule has 6 nitrogen and oxygen atoms in total. The van der Waals surface area contributed by atoms with E-state index >= 15 is 0 Å². The Hall–Kier alpha value is -4.23. The van der Waals surface area contributed by atoms with Crippen molar-refractivity contribution in [3.8, 4) is 5.75 Å². The predicted octanol–water partition coefficient (Wildman–Crippen LogP) is 4.33. The number of nitrogens with zero attached hydrogens (tertiary/aromatic N) is 2. The number of hydrogen-bond acceptors (Lipinski definition) is 6. The van der Waals surface area contributed by atoms with Crippen molar-refractivity contribution in [1.29, 1.82) is 0 Å². The molecule has 4 aromatic rings. The number of aromatic nitrogens is 1. The van der Waals surface area contributed by atoms with E-state index in [2.05, 4.69) is 0 Å². The van der Waals surface area contributed by atoms with Gasteiger partial charge < -0.3 is 9.47 Å². The number of rotatable bonds is 7. The third kappa shape index (κ3) is 4.90. The number of thiazole rings is 1. The van der Waals surface area contributed by atoms with E-state index in [0.29, 0.717) is 27.2 Å². The Morgan fingerprint density at radius 1 is 0.946 bits per heavy atom. The fourth-order valence-corrected chi connectivity index (χ4v) is 5.37. The molecule has 5 rings (SSSR count). The highest BCUT2D eigenvalue weighted by molar-refractivity contribution is 7.07. The first kappa shape index (κ1) is 24.5. The van der Waals surface area contributed by atoms with Gasteiger partial charge in [-0.25, -0.2) is 9.79 Å². The molecule has 0 radical (unpaired) electrons. The molecule has 1 atom stereocenters. The van der Waals surface area contributed by atoms with Crippen molar-refractivity contribution in [2.24, 2.45) is 4.99 Å².